The summed E-state index contributed by atoms with van der Waals surface area (Å²) in [6.45, 7) is 9.04. The second-order valence-electron chi connectivity index (χ2n) is 4.61. The van der Waals surface area contributed by atoms with Gasteiger partial charge in [-0.2, -0.15) is 0 Å². The van der Waals surface area contributed by atoms with Crippen LogP contribution in [0.2, 0.25) is 0 Å². The maximum atomic E-state index is 11.8. The van der Waals surface area contributed by atoms with Crippen LogP contribution in [-0.4, -0.2) is 36.8 Å². The van der Waals surface area contributed by atoms with E-state index in [9.17, 15) is 9.90 Å². The maximum Gasteiger partial charge on any atom is 0.343 e. The van der Waals surface area contributed by atoms with Gasteiger partial charge in [-0.05, 0) is 19.1 Å². The molecule has 0 saturated carbocycles. The molecule has 0 aliphatic carbocycles. The van der Waals surface area contributed by atoms with Crippen LogP contribution in [0.4, 0.5) is 11.4 Å². The van der Waals surface area contributed by atoms with E-state index >= 15 is 0 Å². The second kappa shape index (κ2) is 5.67. The third kappa shape index (κ3) is 2.58. The van der Waals surface area contributed by atoms with E-state index in [0.717, 1.165) is 0 Å². The molecule has 0 atom stereocenters. The lowest BCUT2D eigenvalue weighted by Crippen LogP contribution is -2.10. The van der Waals surface area contributed by atoms with Crippen LogP contribution in [0.3, 0.4) is 0 Å². The number of ether oxygens (including phenoxy) is 1. The van der Waals surface area contributed by atoms with Crippen molar-refractivity contribution in [2.45, 2.75) is 6.92 Å². The summed E-state index contributed by atoms with van der Waals surface area (Å²) in [7, 11) is 3.64. The first-order valence-electron chi connectivity index (χ1n) is 6.37. The van der Waals surface area contributed by atoms with Crippen molar-refractivity contribution in [2.24, 2.45) is 0 Å². The highest BCUT2D eigenvalue weighted by atomic mass is 16.5. The van der Waals surface area contributed by atoms with Gasteiger partial charge in [0.15, 0.2) is 5.69 Å². The van der Waals surface area contributed by atoms with Crippen molar-refractivity contribution in [3.05, 3.63) is 35.3 Å². The molecule has 0 saturated heterocycles. The summed E-state index contributed by atoms with van der Waals surface area (Å²) >= 11 is 0. The number of carbonyl (C=O) groups is 1. The van der Waals surface area contributed by atoms with Crippen molar-refractivity contribution in [1.29, 1.82) is 0 Å². The van der Waals surface area contributed by atoms with Crippen LogP contribution in [0.25, 0.3) is 15.7 Å². The smallest absolute Gasteiger partial charge is 0.343 e. The number of pyridine rings is 1. The third-order valence-electron chi connectivity index (χ3n) is 3.01. The van der Waals surface area contributed by atoms with Crippen molar-refractivity contribution in [1.82, 2.24) is 4.98 Å². The van der Waals surface area contributed by atoms with Crippen LogP contribution in [0.15, 0.2) is 18.3 Å². The summed E-state index contributed by atoms with van der Waals surface area (Å²) in [6.07, 6.45) is 1.29. The molecule has 21 heavy (non-hydrogen) atoms. The highest BCUT2D eigenvalue weighted by Crippen LogP contribution is 2.36. The minimum absolute atomic E-state index is 0.00353. The molecule has 1 heterocycles. The molecule has 0 aliphatic heterocycles. The van der Waals surface area contributed by atoms with Crippen LogP contribution >= 0.6 is 0 Å². The normalized spacial score (nSPS) is 10.2. The van der Waals surface area contributed by atoms with Gasteiger partial charge < -0.3 is 14.7 Å². The fourth-order valence-electron chi connectivity index (χ4n) is 2.02. The fraction of sp³-hybridized carbons (Fsp3) is 0.267. The van der Waals surface area contributed by atoms with Crippen molar-refractivity contribution in [2.75, 3.05) is 25.6 Å². The molecule has 0 amide bonds. The van der Waals surface area contributed by atoms with Gasteiger partial charge in [-0.1, -0.05) is 0 Å². The lowest BCUT2D eigenvalue weighted by atomic mass is 10.1. The standard InChI is InChI=1S/C15H15N3O3/c1-5-21-15(20)11-8-17-13-10(14(11)19)6-9(16-2)7-12(13)18(3)4/h6-8H,5H2,1,3-4H3,(H,17,19). The molecule has 0 fully saturated rings. The van der Waals surface area contributed by atoms with Crippen LogP contribution in [0.1, 0.15) is 17.3 Å². The second-order valence-corrected chi connectivity index (χ2v) is 4.61. The number of rotatable bonds is 3. The predicted octanol–water partition coefficient (Wildman–Crippen LogP) is 2.73. The maximum absolute atomic E-state index is 11.8. The summed E-state index contributed by atoms with van der Waals surface area (Å²) < 4.78 is 4.88. The molecule has 108 valence electrons. The number of hydrogen-bond donors (Lipinski definition) is 1. The van der Waals surface area contributed by atoms with Gasteiger partial charge >= 0.3 is 5.97 Å². The van der Waals surface area contributed by atoms with E-state index in [2.05, 4.69) is 9.83 Å². The van der Waals surface area contributed by atoms with Crippen LogP contribution in [0, 0.1) is 6.57 Å². The molecule has 2 rings (SSSR count). The first-order valence-corrected chi connectivity index (χ1v) is 6.37. The zero-order chi connectivity index (χ0) is 15.6. The van der Waals surface area contributed by atoms with Gasteiger partial charge in [0.2, 0.25) is 0 Å². The van der Waals surface area contributed by atoms with Gasteiger partial charge in [0.25, 0.3) is 0 Å². The molecular formula is C15H15N3O3. The molecule has 6 nitrogen and oxygen atoms in total. The number of carbonyl (C=O) groups excluding carboxylic acids is 1. The van der Waals surface area contributed by atoms with Crippen molar-refractivity contribution < 1.29 is 14.6 Å². The molecule has 1 N–H and O–H groups in total. The van der Waals surface area contributed by atoms with E-state index in [1.54, 1.807) is 17.9 Å². The Morgan fingerprint density at radius 3 is 2.76 bits per heavy atom. The average Bonchev–Trinajstić information content (AvgIpc) is 2.46. The minimum Gasteiger partial charge on any atom is -0.506 e. The Balaban J connectivity index is 2.75. The number of fused-ring (bicyclic) bond motifs is 1. The molecular weight excluding hydrogens is 270 g/mol. The zero-order valence-corrected chi connectivity index (χ0v) is 12.0. The van der Waals surface area contributed by atoms with Crippen LogP contribution in [-0.2, 0) is 4.74 Å². The Morgan fingerprint density at radius 1 is 1.48 bits per heavy atom. The molecule has 2 aromatic rings. The molecule has 0 unspecified atom stereocenters. The van der Waals surface area contributed by atoms with Crippen molar-refractivity contribution >= 4 is 28.2 Å². The average molecular weight is 285 g/mol. The predicted molar refractivity (Wildman–Crippen MR) is 80.0 cm³/mol. The Bertz CT molecular complexity index is 748. The van der Waals surface area contributed by atoms with Gasteiger partial charge in [-0.25, -0.2) is 9.64 Å². The molecule has 6 heteroatoms. The van der Waals surface area contributed by atoms with E-state index < -0.39 is 5.97 Å². The number of aromatic hydroxyl groups is 1. The third-order valence-corrected chi connectivity index (χ3v) is 3.01. The van der Waals surface area contributed by atoms with Crippen LogP contribution < -0.4 is 4.90 Å². The first-order chi connectivity index (χ1) is 9.99. The minimum atomic E-state index is -0.635. The highest BCUT2D eigenvalue weighted by Gasteiger charge is 2.18. The molecule has 0 aliphatic rings. The number of hydrogen-bond acceptors (Lipinski definition) is 5. The summed E-state index contributed by atoms with van der Waals surface area (Å²) in [5, 5.41) is 10.7. The number of benzene rings is 1. The van der Waals surface area contributed by atoms with Crippen molar-refractivity contribution in [3.63, 3.8) is 0 Å². The highest BCUT2D eigenvalue weighted by molar-refractivity contribution is 6.04. The summed E-state index contributed by atoms with van der Waals surface area (Å²) in [5.74, 6) is -0.851. The zero-order valence-electron chi connectivity index (χ0n) is 12.0. The first kappa shape index (κ1) is 14.6. The SMILES string of the molecule is [C-]#[N+]c1cc(N(C)C)c2ncc(C(=O)OCC)c(O)c2c1. The Morgan fingerprint density at radius 2 is 2.19 bits per heavy atom. The van der Waals surface area contributed by atoms with Crippen LogP contribution in [0.5, 0.6) is 5.75 Å². The van der Waals surface area contributed by atoms with E-state index in [1.165, 1.54) is 12.3 Å². The van der Waals surface area contributed by atoms with Gasteiger partial charge in [0.05, 0.1) is 24.4 Å². The van der Waals surface area contributed by atoms with E-state index in [4.69, 9.17) is 11.3 Å². The lowest BCUT2D eigenvalue weighted by Gasteiger charge is -2.16. The number of aromatic nitrogens is 1. The molecule has 0 radical (unpaired) electrons. The lowest BCUT2D eigenvalue weighted by molar-refractivity contribution is 0.0523. The summed E-state index contributed by atoms with van der Waals surface area (Å²) in [6, 6.07) is 3.20. The number of anilines is 1. The molecule has 0 bridgehead atoms. The van der Waals surface area contributed by atoms with E-state index in [-0.39, 0.29) is 17.9 Å². The van der Waals surface area contributed by atoms with Gasteiger partial charge in [0.1, 0.15) is 11.3 Å². The number of esters is 1. The molecule has 1 aromatic carbocycles. The van der Waals surface area contributed by atoms with Gasteiger partial charge in [-0.15, -0.1) is 0 Å². The Kier molecular flexibility index (Phi) is 3.94. The quantitative estimate of drug-likeness (QED) is 0.693. The number of nitrogens with zero attached hydrogens (tertiary/aromatic N) is 3. The summed E-state index contributed by atoms with van der Waals surface area (Å²) in [5.41, 5.74) is 1.59. The van der Waals surface area contributed by atoms with Gasteiger partial charge in [0, 0.05) is 25.7 Å². The Labute approximate surface area is 122 Å². The Hall–Kier alpha value is -2.81. The largest absolute Gasteiger partial charge is 0.506 e. The fourth-order valence-corrected chi connectivity index (χ4v) is 2.02. The monoisotopic (exact) mass is 285 g/mol. The van der Waals surface area contributed by atoms with E-state index in [0.29, 0.717) is 22.3 Å². The van der Waals surface area contributed by atoms with Crippen molar-refractivity contribution in [3.8, 4) is 5.75 Å². The topological polar surface area (TPSA) is 67.0 Å². The summed E-state index contributed by atoms with van der Waals surface area (Å²) in [4.78, 5) is 21.2. The van der Waals surface area contributed by atoms with E-state index in [1.807, 2.05) is 14.1 Å². The molecule has 1 aromatic heterocycles. The molecule has 0 spiro atoms. The van der Waals surface area contributed by atoms with Gasteiger partial charge in [-0.3, -0.25) is 4.98 Å².